The third-order valence-corrected chi connectivity index (χ3v) is 5.10. The minimum Gasteiger partial charge on any atom is -0.409 e. The van der Waals surface area contributed by atoms with Crippen LogP contribution in [0.2, 0.25) is 0 Å². The van der Waals surface area contributed by atoms with Gasteiger partial charge in [0.15, 0.2) is 0 Å². The van der Waals surface area contributed by atoms with Gasteiger partial charge in [-0.3, -0.25) is 9.88 Å². The quantitative estimate of drug-likeness (QED) is 0.643. The summed E-state index contributed by atoms with van der Waals surface area (Å²) in [5.74, 6) is 0.585. The topological polar surface area (TPSA) is 50.3 Å². The first-order valence-corrected chi connectivity index (χ1v) is 9.53. The highest BCUT2D eigenvalue weighted by atomic mass is 32.1. The van der Waals surface area contributed by atoms with Gasteiger partial charge in [-0.15, -0.1) is 5.10 Å². The standard InChI is InChI=1S/C20H23N5OS/c1-15-11-16(2)13-17(12-15)19-22-25(20(27)26-19)14-23-7-9-24(10-8-23)18-3-5-21-6-4-18/h3-6,11-13H,7-10,14H2,1-2H3. The molecule has 6 nitrogen and oxygen atoms in total. The van der Waals surface area contributed by atoms with Crippen molar-refractivity contribution in [2.75, 3.05) is 31.1 Å². The zero-order valence-electron chi connectivity index (χ0n) is 15.6. The number of nitrogens with zero attached hydrogens (tertiary/aromatic N) is 5. The minimum atomic E-state index is 0.417. The summed E-state index contributed by atoms with van der Waals surface area (Å²) in [7, 11) is 0. The van der Waals surface area contributed by atoms with Crippen LogP contribution in [0.3, 0.4) is 0 Å². The number of aromatic nitrogens is 3. The molecule has 3 heterocycles. The Morgan fingerprint density at radius 1 is 1.00 bits per heavy atom. The van der Waals surface area contributed by atoms with Crippen LogP contribution in [0.15, 0.2) is 47.1 Å². The van der Waals surface area contributed by atoms with Crippen molar-refractivity contribution < 1.29 is 4.42 Å². The molecular formula is C20H23N5OS. The van der Waals surface area contributed by atoms with Gasteiger partial charge in [-0.2, -0.15) is 0 Å². The van der Waals surface area contributed by atoms with E-state index in [1.165, 1.54) is 16.8 Å². The van der Waals surface area contributed by atoms with Crippen molar-refractivity contribution >= 4 is 17.9 Å². The molecule has 0 atom stereocenters. The largest absolute Gasteiger partial charge is 0.409 e. The summed E-state index contributed by atoms with van der Waals surface area (Å²) < 4.78 is 7.55. The van der Waals surface area contributed by atoms with E-state index in [4.69, 9.17) is 16.6 Å². The lowest BCUT2D eigenvalue weighted by molar-refractivity contribution is 0.192. The third-order valence-electron chi connectivity index (χ3n) is 4.81. The van der Waals surface area contributed by atoms with Crippen molar-refractivity contribution in [2.45, 2.75) is 20.5 Å². The Morgan fingerprint density at radius 3 is 2.33 bits per heavy atom. The molecule has 0 bridgehead atoms. The number of rotatable bonds is 4. The van der Waals surface area contributed by atoms with Crippen molar-refractivity contribution in [3.8, 4) is 11.5 Å². The first kappa shape index (κ1) is 17.9. The SMILES string of the molecule is Cc1cc(C)cc(-c2nn(CN3CCN(c4ccncc4)CC3)c(=S)o2)c1. The molecule has 0 unspecified atom stereocenters. The molecule has 0 spiro atoms. The van der Waals surface area contributed by atoms with E-state index >= 15 is 0 Å². The molecule has 140 valence electrons. The lowest BCUT2D eigenvalue weighted by Gasteiger charge is -2.35. The maximum absolute atomic E-state index is 5.77. The molecule has 0 N–H and O–H groups in total. The molecule has 4 rings (SSSR count). The second kappa shape index (κ2) is 7.62. The van der Waals surface area contributed by atoms with Gasteiger partial charge in [0.2, 0.25) is 5.89 Å². The zero-order valence-corrected chi connectivity index (χ0v) is 16.4. The number of hydrogen-bond donors (Lipinski definition) is 0. The molecule has 1 aliphatic heterocycles. The Balaban J connectivity index is 1.43. The van der Waals surface area contributed by atoms with E-state index in [0.29, 0.717) is 17.4 Å². The van der Waals surface area contributed by atoms with Crippen molar-refractivity contribution in [3.63, 3.8) is 0 Å². The lowest BCUT2D eigenvalue weighted by atomic mass is 10.1. The van der Waals surface area contributed by atoms with E-state index in [-0.39, 0.29) is 0 Å². The van der Waals surface area contributed by atoms with E-state index < -0.39 is 0 Å². The molecule has 2 aromatic heterocycles. The van der Waals surface area contributed by atoms with Gasteiger partial charge in [0, 0.05) is 49.8 Å². The highest BCUT2D eigenvalue weighted by molar-refractivity contribution is 7.71. The van der Waals surface area contributed by atoms with Crippen LogP contribution in [0.4, 0.5) is 5.69 Å². The van der Waals surface area contributed by atoms with Crippen LogP contribution in [-0.2, 0) is 6.67 Å². The third kappa shape index (κ3) is 4.09. The molecule has 1 fully saturated rings. The van der Waals surface area contributed by atoms with Crippen molar-refractivity contribution in [1.29, 1.82) is 0 Å². The molecule has 27 heavy (non-hydrogen) atoms. The van der Waals surface area contributed by atoms with Gasteiger partial charge in [0.05, 0.1) is 6.67 Å². The summed E-state index contributed by atoms with van der Waals surface area (Å²) in [6.07, 6.45) is 3.68. The van der Waals surface area contributed by atoms with E-state index in [1.807, 2.05) is 12.4 Å². The van der Waals surface area contributed by atoms with E-state index in [1.54, 1.807) is 4.68 Å². The molecular weight excluding hydrogens is 358 g/mol. The maximum Gasteiger partial charge on any atom is 0.288 e. The van der Waals surface area contributed by atoms with Crippen molar-refractivity contribution in [1.82, 2.24) is 19.7 Å². The minimum absolute atomic E-state index is 0.417. The zero-order chi connectivity index (χ0) is 18.8. The second-order valence-electron chi connectivity index (χ2n) is 7.00. The normalized spacial score (nSPS) is 15.3. The Labute approximate surface area is 164 Å². The number of anilines is 1. The monoisotopic (exact) mass is 381 g/mol. The molecule has 1 aromatic carbocycles. The highest BCUT2D eigenvalue weighted by Gasteiger charge is 2.19. The second-order valence-corrected chi connectivity index (χ2v) is 7.35. The molecule has 0 amide bonds. The summed E-state index contributed by atoms with van der Waals surface area (Å²) in [6, 6.07) is 10.4. The van der Waals surface area contributed by atoms with Crippen LogP contribution in [0.5, 0.6) is 0 Å². The van der Waals surface area contributed by atoms with Gasteiger partial charge < -0.3 is 9.32 Å². The van der Waals surface area contributed by atoms with E-state index in [0.717, 1.165) is 31.7 Å². The number of hydrogen-bond acceptors (Lipinski definition) is 6. The van der Waals surface area contributed by atoms with Gasteiger partial charge in [0.1, 0.15) is 0 Å². The summed E-state index contributed by atoms with van der Waals surface area (Å²) >= 11 is 5.40. The first-order valence-electron chi connectivity index (χ1n) is 9.12. The fourth-order valence-electron chi connectivity index (χ4n) is 3.50. The smallest absolute Gasteiger partial charge is 0.288 e. The Kier molecular flexibility index (Phi) is 5.05. The predicted octanol–water partition coefficient (Wildman–Crippen LogP) is 3.66. The molecule has 0 saturated carbocycles. The number of benzene rings is 1. The van der Waals surface area contributed by atoms with Crippen molar-refractivity contribution in [2.24, 2.45) is 0 Å². The molecule has 3 aromatic rings. The average Bonchev–Trinajstić information content (AvgIpc) is 3.03. The fourth-order valence-corrected chi connectivity index (χ4v) is 3.68. The van der Waals surface area contributed by atoms with Gasteiger partial charge in [-0.1, -0.05) is 17.2 Å². The predicted molar refractivity (Wildman–Crippen MR) is 108 cm³/mol. The molecule has 1 saturated heterocycles. The van der Waals surface area contributed by atoms with E-state index in [9.17, 15) is 0 Å². The van der Waals surface area contributed by atoms with Gasteiger partial charge >= 0.3 is 0 Å². The van der Waals surface area contributed by atoms with Crippen molar-refractivity contribution in [3.05, 3.63) is 58.7 Å². The van der Waals surface area contributed by atoms with E-state index in [2.05, 4.69) is 64.1 Å². The highest BCUT2D eigenvalue weighted by Crippen LogP contribution is 2.21. The van der Waals surface area contributed by atoms with Crippen LogP contribution in [-0.4, -0.2) is 45.8 Å². The first-order chi connectivity index (χ1) is 13.1. The number of piperazine rings is 1. The Hall–Kier alpha value is -2.51. The Morgan fingerprint density at radius 2 is 1.67 bits per heavy atom. The van der Waals surface area contributed by atoms with Crippen LogP contribution < -0.4 is 4.90 Å². The summed E-state index contributed by atoms with van der Waals surface area (Å²) in [4.78, 5) is 9.23. The average molecular weight is 382 g/mol. The van der Waals surface area contributed by atoms with Gasteiger partial charge in [-0.05, 0) is 50.3 Å². The summed E-state index contributed by atoms with van der Waals surface area (Å²) in [5, 5.41) is 4.62. The lowest BCUT2D eigenvalue weighted by Crippen LogP contribution is -2.46. The van der Waals surface area contributed by atoms with Gasteiger partial charge in [0.25, 0.3) is 4.84 Å². The molecule has 0 radical (unpaired) electrons. The Bertz CT molecular complexity index is 953. The molecule has 7 heteroatoms. The number of aryl methyl sites for hydroxylation is 2. The maximum atomic E-state index is 5.77. The summed E-state index contributed by atoms with van der Waals surface area (Å²) in [6.45, 7) is 8.65. The number of pyridine rings is 1. The van der Waals surface area contributed by atoms with Crippen LogP contribution in [0, 0.1) is 18.7 Å². The molecule has 1 aliphatic rings. The fraction of sp³-hybridized carbons (Fsp3) is 0.350. The van der Waals surface area contributed by atoms with Gasteiger partial charge in [-0.25, -0.2) is 4.68 Å². The van der Waals surface area contributed by atoms with Crippen LogP contribution in [0.1, 0.15) is 11.1 Å². The van der Waals surface area contributed by atoms with Crippen LogP contribution >= 0.6 is 12.2 Å². The van der Waals surface area contributed by atoms with Crippen LogP contribution in [0.25, 0.3) is 11.5 Å². The molecule has 0 aliphatic carbocycles. The summed E-state index contributed by atoms with van der Waals surface area (Å²) in [5.41, 5.74) is 4.57.